The quantitative estimate of drug-likeness (QED) is 0.0445. The molecule has 6 unspecified atom stereocenters. The third-order valence-corrected chi connectivity index (χ3v) is 12.3. The Labute approximate surface area is 326 Å². The molecule has 4 aliphatic rings. The molecule has 57 heavy (non-hydrogen) atoms. The fourth-order valence-corrected chi connectivity index (χ4v) is 9.46. The number of nitrogens with zero attached hydrogens (tertiary/aromatic N) is 5. The smallest absolute Gasteiger partial charge is 0.301 e. The van der Waals surface area contributed by atoms with Gasteiger partial charge in [0, 0.05) is 32.1 Å². The van der Waals surface area contributed by atoms with Crippen molar-refractivity contribution in [3.05, 3.63) is 96.9 Å². The first-order valence-corrected chi connectivity index (χ1v) is 17.3. The Morgan fingerprint density at radius 3 is 1.93 bits per heavy atom. The van der Waals surface area contributed by atoms with Gasteiger partial charge < -0.3 is 14.7 Å². The predicted octanol–water partition coefficient (Wildman–Crippen LogP) is 5.75. The van der Waals surface area contributed by atoms with Gasteiger partial charge >= 0.3 is 11.4 Å². The van der Waals surface area contributed by atoms with Crippen molar-refractivity contribution >= 4 is 75.3 Å². The van der Waals surface area contributed by atoms with Crippen LogP contribution in [0.2, 0.25) is 0 Å². The topological polar surface area (TPSA) is 194 Å². The van der Waals surface area contributed by atoms with E-state index in [2.05, 4.69) is 0 Å². The molecule has 1 N–H and O–H groups in total. The molecule has 6 atom stereocenters. The first-order valence-electron chi connectivity index (χ1n) is 16.5. The number of amides is 4. The number of aromatic hydroxyl groups is 1. The molecule has 15 nitrogen and oxygen atoms in total. The van der Waals surface area contributed by atoms with Gasteiger partial charge in [0.2, 0.25) is 17.6 Å². The second kappa shape index (κ2) is 13.1. The van der Waals surface area contributed by atoms with Gasteiger partial charge in [-0.2, -0.15) is 0 Å². The van der Waals surface area contributed by atoms with E-state index in [1.165, 1.54) is 26.2 Å². The van der Waals surface area contributed by atoms with Crippen molar-refractivity contribution in [1.29, 1.82) is 0 Å². The summed E-state index contributed by atoms with van der Waals surface area (Å²) in [6.45, 7) is 0. The van der Waals surface area contributed by atoms with Crippen LogP contribution >= 0.6 is 23.2 Å². The number of methoxy groups -OCH3 is 1. The number of ether oxygens (including phenoxy) is 1. The number of phenols is 1. The number of nitro benzene ring substituents is 2. The monoisotopic (exact) mass is 839 g/mol. The SMILES string of the molecule is COc1cc(C2C3=CCC4C(=O)N(c5cc([N+](=O)[O-])c(N(C)C)c([N+](=O)[O-])c5)C(=O)C4C3CC3(Cl)C(=O)N(c4c(F)c(F)c(F)c(F)c4F)C(=O)C23Cl)ccc1O. The molecule has 0 aromatic heterocycles. The highest BCUT2D eigenvalue weighted by atomic mass is 35.5. The highest BCUT2D eigenvalue weighted by Gasteiger charge is 2.77. The van der Waals surface area contributed by atoms with Crippen LogP contribution in [0, 0.1) is 67.1 Å². The number of rotatable bonds is 7. The number of benzene rings is 3. The molecule has 3 fully saturated rings. The molecule has 7 rings (SSSR count). The van der Waals surface area contributed by atoms with E-state index < -0.39 is 137 Å². The van der Waals surface area contributed by atoms with Crippen LogP contribution < -0.4 is 19.4 Å². The number of hydrogen-bond acceptors (Lipinski definition) is 11. The Bertz CT molecular complexity index is 2390. The molecular weight excluding hydrogens is 816 g/mol. The minimum absolute atomic E-state index is 0.0543. The van der Waals surface area contributed by atoms with Crippen molar-refractivity contribution in [1.82, 2.24) is 0 Å². The number of halogens is 7. The molecule has 0 bridgehead atoms. The Morgan fingerprint density at radius 1 is 0.842 bits per heavy atom. The molecular formula is C35H24Cl2F5N5O10. The molecule has 2 saturated heterocycles. The van der Waals surface area contributed by atoms with E-state index in [0.29, 0.717) is 4.90 Å². The zero-order valence-corrected chi connectivity index (χ0v) is 30.7. The summed E-state index contributed by atoms with van der Waals surface area (Å²) in [7, 11) is 3.75. The number of alkyl halides is 2. The van der Waals surface area contributed by atoms with Gasteiger partial charge in [0.25, 0.3) is 11.8 Å². The fourth-order valence-electron chi connectivity index (χ4n) is 8.52. The van der Waals surface area contributed by atoms with Gasteiger partial charge in [-0.25, -0.2) is 31.8 Å². The van der Waals surface area contributed by atoms with Crippen LogP contribution in [0.4, 0.5) is 50.4 Å². The number of fused-ring (bicyclic) bond motifs is 4. The van der Waals surface area contributed by atoms with Gasteiger partial charge in [-0.05, 0) is 36.5 Å². The lowest BCUT2D eigenvalue weighted by molar-refractivity contribution is -0.392. The Hall–Kier alpha value is -5.89. The van der Waals surface area contributed by atoms with Gasteiger partial charge in [0.15, 0.2) is 50.2 Å². The summed E-state index contributed by atoms with van der Waals surface area (Å²) in [5.41, 5.74) is -4.62. The highest BCUT2D eigenvalue weighted by Crippen LogP contribution is 2.66. The van der Waals surface area contributed by atoms with Crippen LogP contribution in [0.5, 0.6) is 11.5 Å². The lowest BCUT2D eigenvalue weighted by Crippen LogP contribution is -2.60. The molecule has 1 saturated carbocycles. The van der Waals surface area contributed by atoms with Gasteiger partial charge in [-0.15, -0.1) is 23.2 Å². The predicted molar refractivity (Wildman–Crippen MR) is 188 cm³/mol. The van der Waals surface area contributed by atoms with E-state index in [1.54, 1.807) is 0 Å². The first kappa shape index (κ1) is 39.3. The third-order valence-electron chi connectivity index (χ3n) is 10.9. The van der Waals surface area contributed by atoms with Crippen molar-refractivity contribution in [3.8, 4) is 11.5 Å². The Balaban J connectivity index is 1.43. The molecule has 4 amide bonds. The first-order chi connectivity index (χ1) is 26.6. The number of anilines is 3. The number of hydrogen-bond donors (Lipinski definition) is 1. The molecule has 0 spiro atoms. The van der Waals surface area contributed by atoms with Crippen LogP contribution in [0.15, 0.2) is 42.0 Å². The number of phenolic OH excluding ortho intramolecular Hbond substituents is 1. The summed E-state index contributed by atoms with van der Waals surface area (Å²) in [4.78, 5) is 75.2. The molecule has 0 radical (unpaired) electrons. The summed E-state index contributed by atoms with van der Waals surface area (Å²) >= 11 is 14.2. The van der Waals surface area contributed by atoms with Gasteiger partial charge in [-0.3, -0.25) is 39.4 Å². The normalized spacial score (nSPS) is 26.6. The van der Waals surface area contributed by atoms with E-state index >= 15 is 8.78 Å². The number of nitro groups is 2. The largest absolute Gasteiger partial charge is 0.504 e. The summed E-state index contributed by atoms with van der Waals surface area (Å²) in [5, 5.41) is 34.6. The maximum Gasteiger partial charge on any atom is 0.301 e. The lowest BCUT2D eigenvalue weighted by atomic mass is 9.56. The number of carbonyl (C=O) groups is 4. The van der Waals surface area contributed by atoms with E-state index in [0.717, 1.165) is 36.3 Å². The van der Waals surface area contributed by atoms with Gasteiger partial charge in [0.1, 0.15) is 5.69 Å². The van der Waals surface area contributed by atoms with Crippen molar-refractivity contribution in [2.75, 3.05) is 35.9 Å². The zero-order valence-electron chi connectivity index (χ0n) is 29.2. The molecule has 2 aliphatic carbocycles. The zero-order chi connectivity index (χ0) is 42.0. The minimum atomic E-state index is -2.87. The maximum absolute atomic E-state index is 15.3. The molecule has 2 heterocycles. The van der Waals surface area contributed by atoms with Crippen molar-refractivity contribution < 1.29 is 60.8 Å². The number of imide groups is 2. The van der Waals surface area contributed by atoms with Crippen molar-refractivity contribution in [3.63, 3.8) is 0 Å². The molecule has 2 aliphatic heterocycles. The second-order valence-corrected chi connectivity index (χ2v) is 15.1. The van der Waals surface area contributed by atoms with Gasteiger partial charge in [0.05, 0.1) is 34.5 Å². The van der Waals surface area contributed by atoms with Crippen LogP contribution in [-0.2, 0) is 19.2 Å². The molecule has 298 valence electrons. The van der Waals surface area contributed by atoms with Crippen LogP contribution in [-0.4, -0.2) is 69.5 Å². The maximum atomic E-state index is 15.3. The van der Waals surface area contributed by atoms with Gasteiger partial charge in [-0.1, -0.05) is 17.7 Å². The average Bonchev–Trinajstić information content (AvgIpc) is 3.50. The number of carbonyl (C=O) groups excluding carboxylic acids is 4. The van der Waals surface area contributed by atoms with E-state index in [9.17, 15) is 57.7 Å². The fraction of sp³-hybridized carbons (Fsp3) is 0.314. The summed E-state index contributed by atoms with van der Waals surface area (Å²) in [6, 6.07) is 5.05. The standard InChI is InChI=1S/C35H24Cl2F5N5O10/c1-43(2)28-17(46(53)54)9-13(10-18(28)47(55)56)44-30(49)15-6-5-14-16(21(15)31(44)50)11-34(36)32(51)45(29-26(41)24(39)23(38)25(40)27(29)42)33(52)35(34,37)22(14)12-4-7-19(48)20(8-12)57-3/h4-5,7-10,15-16,21-22,48H,6,11H2,1-3H3. The van der Waals surface area contributed by atoms with Crippen LogP contribution in [0.3, 0.4) is 0 Å². The molecule has 22 heteroatoms. The van der Waals surface area contributed by atoms with Crippen LogP contribution in [0.25, 0.3) is 0 Å². The summed E-state index contributed by atoms with van der Waals surface area (Å²) < 4.78 is 78.9. The summed E-state index contributed by atoms with van der Waals surface area (Å²) in [6.07, 6.45) is 0.235. The molecule has 3 aromatic rings. The van der Waals surface area contributed by atoms with Crippen LogP contribution in [0.1, 0.15) is 24.3 Å². The Morgan fingerprint density at radius 2 is 1.40 bits per heavy atom. The highest BCUT2D eigenvalue weighted by molar-refractivity contribution is 6.58. The molecule has 3 aromatic carbocycles. The second-order valence-electron chi connectivity index (χ2n) is 13.9. The summed E-state index contributed by atoms with van der Waals surface area (Å²) in [5.74, 6) is -24.8. The van der Waals surface area contributed by atoms with Crippen molar-refractivity contribution in [2.24, 2.45) is 17.8 Å². The Kier molecular flexibility index (Phi) is 9.03. The van der Waals surface area contributed by atoms with E-state index in [4.69, 9.17) is 27.9 Å². The van der Waals surface area contributed by atoms with Crippen molar-refractivity contribution in [2.45, 2.75) is 28.5 Å². The average molecular weight is 840 g/mol. The third kappa shape index (κ3) is 5.15. The minimum Gasteiger partial charge on any atom is -0.504 e. The number of allylic oxidation sites excluding steroid dienone is 2. The van der Waals surface area contributed by atoms with E-state index in [-0.39, 0.29) is 28.2 Å². The van der Waals surface area contributed by atoms with E-state index in [1.807, 2.05) is 0 Å². The lowest BCUT2D eigenvalue weighted by Gasteiger charge is -2.50.